The van der Waals surface area contributed by atoms with Crippen molar-refractivity contribution in [3.63, 3.8) is 0 Å². The average molecular weight is 417 g/mol. The molecule has 2 unspecified atom stereocenters. The van der Waals surface area contributed by atoms with E-state index in [2.05, 4.69) is 30.8 Å². The first kappa shape index (κ1) is 31.8. The Morgan fingerprint density at radius 3 is 2.00 bits per heavy atom. The zero-order chi connectivity index (χ0) is 22.8. The van der Waals surface area contributed by atoms with Crippen LogP contribution in [-0.4, -0.2) is 24.9 Å². The first-order chi connectivity index (χ1) is 13.2. The van der Waals surface area contributed by atoms with Crippen molar-refractivity contribution < 1.29 is 9.18 Å². The van der Waals surface area contributed by atoms with Crippen molar-refractivity contribution in [2.24, 2.45) is 5.92 Å². The van der Waals surface area contributed by atoms with Crippen LogP contribution in [0.25, 0.3) is 0 Å². The fraction of sp³-hybridized carbons (Fsp3) is 0.696. The van der Waals surface area contributed by atoms with E-state index in [1.165, 1.54) is 30.9 Å². The SMILES string of the molecule is CC.CC.CCC(C)C(CC)NC.Cc1ccc(SNC(C)(C)C=O)cc1F. The topological polar surface area (TPSA) is 41.1 Å². The van der Waals surface area contributed by atoms with Gasteiger partial charge >= 0.3 is 0 Å². The van der Waals surface area contributed by atoms with Crippen molar-refractivity contribution in [3.05, 3.63) is 29.6 Å². The molecule has 2 atom stereocenters. The molecular weight excluding hydrogens is 371 g/mol. The maximum absolute atomic E-state index is 13.2. The van der Waals surface area contributed by atoms with Crippen molar-refractivity contribution in [2.45, 2.75) is 98.6 Å². The quantitative estimate of drug-likeness (QED) is 0.361. The molecule has 0 radical (unpaired) electrons. The van der Waals surface area contributed by atoms with Gasteiger partial charge in [-0.2, -0.15) is 0 Å². The van der Waals surface area contributed by atoms with Gasteiger partial charge in [0, 0.05) is 10.9 Å². The molecule has 166 valence electrons. The molecule has 0 aromatic heterocycles. The Hall–Kier alpha value is -0.910. The molecule has 0 saturated carbocycles. The molecule has 0 aliphatic carbocycles. The number of carbonyl (C=O) groups is 1. The highest BCUT2D eigenvalue weighted by Crippen LogP contribution is 2.20. The summed E-state index contributed by atoms with van der Waals surface area (Å²) in [5.74, 6) is 0.589. The predicted molar refractivity (Wildman–Crippen MR) is 126 cm³/mol. The zero-order valence-electron chi connectivity index (χ0n) is 20.1. The predicted octanol–water partition coefficient (Wildman–Crippen LogP) is 6.79. The summed E-state index contributed by atoms with van der Waals surface area (Å²) >= 11 is 1.25. The molecule has 0 amide bonds. The molecule has 3 nitrogen and oxygen atoms in total. The van der Waals surface area contributed by atoms with E-state index in [9.17, 15) is 9.18 Å². The Kier molecular flexibility index (Phi) is 22.0. The minimum Gasteiger partial charge on any atom is -0.317 e. The van der Waals surface area contributed by atoms with Crippen molar-refractivity contribution >= 4 is 18.2 Å². The molecule has 2 N–H and O–H groups in total. The lowest BCUT2D eigenvalue weighted by Crippen LogP contribution is -2.35. The summed E-state index contributed by atoms with van der Waals surface area (Å²) in [5.41, 5.74) is 0.0143. The van der Waals surface area contributed by atoms with E-state index in [0.29, 0.717) is 5.56 Å². The van der Waals surface area contributed by atoms with Gasteiger partial charge in [0.1, 0.15) is 12.1 Å². The Morgan fingerprint density at radius 2 is 1.68 bits per heavy atom. The van der Waals surface area contributed by atoms with E-state index in [4.69, 9.17) is 0 Å². The normalized spacial score (nSPS) is 12.1. The van der Waals surface area contributed by atoms with Gasteiger partial charge in [-0.05, 0) is 69.8 Å². The lowest BCUT2D eigenvalue weighted by atomic mass is 9.97. The van der Waals surface area contributed by atoms with Crippen molar-refractivity contribution in [1.29, 1.82) is 0 Å². The summed E-state index contributed by atoms with van der Waals surface area (Å²) < 4.78 is 16.1. The van der Waals surface area contributed by atoms with E-state index in [1.54, 1.807) is 26.8 Å². The van der Waals surface area contributed by atoms with Crippen molar-refractivity contribution in [1.82, 2.24) is 10.0 Å². The molecule has 0 heterocycles. The minimum atomic E-state index is -0.605. The van der Waals surface area contributed by atoms with Crippen LogP contribution in [0.4, 0.5) is 4.39 Å². The van der Waals surface area contributed by atoms with Crippen LogP contribution in [0.1, 0.15) is 80.7 Å². The fourth-order valence-corrected chi connectivity index (χ4v) is 2.75. The summed E-state index contributed by atoms with van der Waals surface area (Å²) in [6, 6.07) is 5.70. The molecule has 0 aliphatic rings. The van der Waals surface area contributed by atoms with Crippen LogP contribution >= 0.6 is 11.9 Å². The van der Waals surface area contributed by atoms with Gasteiger partial charge in [0.25, 0.3) is 0 Å². The summed E-state index contributed by atoms with van der Waals surface area (Å²) in [4.78, 5) is 11.4. The Bertz CT molecular complexity index is 491. The molecule has 0 spiro atoms. The molecule has 1 aromatic rings. The highest BCUT2D eigenvalue weighted by atomic mass is 32.2. The molecule has 0 fully saturated rings. The third kappa shape index (κ3) is 15.1. The molecule has 1 aromatic carbocycles. The molecule has 28 heavy (non-hydrogen) atoms. The van der Waals surface area contributed by atoms with Crippen molar-refractivity contribution in [2.75, 3.05) is 7.05 Å². The van der Waals surface area contributed by atoms with Crippen LogP contribution in [0, 0.1) is 18.7 Å². The van der Waals surface area contributed by atoms with Gasteiger partial charge in [-0.15, -0.1) is 0 Å². The van der Waals surface area contributed by atoms with Crippen LogP contribution in [0.15, 0.2) is 23.1 Å². The molecule has 0 bridgehead atoms. The molecular formula is C23H45FN2OS. The highest BCUT2D eigenvalue weighted by molar-refractivity contribution is 7.97. The smallest absolute Gasteiger partial charge is 0.140 e. The second-order valence-electron chi connectivity index (χ2n) is 6.64. The highest BCUT2D eigenvalue weighted by Gasteiger charge is 2.15. The number of aldehydes is 1. The van der Waals surface area contributed by atoms with Crippen LogP contribution in [0.5, 0.6) is 0 Å². The van der Waals surface area contributed by atoms with E-state index in [1.807, 2.05) is 40.8 Å². The second kappa shape index (κ2) is 19.4. The number of rotatable bonds is 8. The number of aryl methyl sites for hydroxylation is 1. The number of hydrogen-bond donors (Lipinski definition) is 2. The van der Waals surface area contributed by atoms with Crippen molar-refractivity contribution in [3.8, 4) is 0 Å². The molecule has 1 rings (SSSR count). The van der Waals surface area contributed by atoms with Gasteiger partial charge in [-0.3, -0.25) is 0 Å². The third-order valence-corrected chi connectivity index (χ3v) is 5.13. The lowest BCUT2D eigenvalue weighted by Gasteiger charge is -2.19. The minimum absolute atomic E-state index is 0.231. The standard InChI is InChI=1S/C11H14FNOS.C8H19N.2C2H6/c1-8-4-5-9(6-10(8)12)15-13-11(2,3)7-14;1-5-7(3)8(6-2)9-4;2*1-2/h4-7,13H,1-3H3;7-9H,5-6H2,1-4H3;2*1-2H3. The zero-order valence-corrected chi connectivity index (χ0v) is 20.9. The van der Waals surface area contributed by atoms with Gasteiger partial charge < -0.3 is 10.1 Å². The number of nitrogens with one attached hydrogen (secondary N) is 2. The first-order valence-corrected chi connectivity index (χ1v) is 11.4. The Balaban J connectivity index is -0.000000413. The average Bonchev–Trinajstić information content (AvgIpc) is 2.73. The summed E-state index contributed by atoms with van der Waals surface area (Å²) in [5, 5.41) is 3.30. The Labute approximate surface area is 178 Å². The van der Waals surface area contributed by atoms with E-state index in [0.717, 1.165) is 23.1 Å². The van der Waals surface area contributed by atoms with Gasteiger partial charge in [-0.25, -0.2) is 9.11 Å². The van der Waals surface area contributed by atoms with Gasteiger partial charge in [0.05, 0.1) is 5.54 Å². The van der Waals surface area contributed by atoms with Gasteiger partial charge in [-0.1, -0.05) is 61.0 Å². The maximum Gasteiger partial charge on any atom is 0.140 e. The van der Waals surface area contributed by atoms with Gasteiger partial charge in [0.15, 0.2) is 0 Å². The summed E-state index contributed by atoms with van der Waals surface area (Å²) in [7, 11) is 2.04. The van der Waals surface area contributed by atoms with E-state index < -0.39 is 5.54 Å². The van der Waals surface area contributed by atoms with Crippen LogP contribution in [0.2, 0.25) is 0 Å². The van der Waals surface area contributed by atoms with Gasteiger partial charge in [0.2, 0.25) is 0 Å². The van der Waals surface area contributed by atoms with E-state index in [-0.39, 0.29) is 5.82 Å². The summed E-state index contributed by atoms with van der Waals surface area (Å²) in [6.45, 7) is 20.0. The number of carbonyl (C=O) groups excluding carboxylic acids is 1. The first-order valence-electron chi connectivity index (χ1n) is 10.5. The fourth-order valence-electron chi connectivity index (χ4n) is 2.03. The molecule has 0 saturated heterocycles. The Morgan fingerprint density at radius 1 is 1.14 bits per heavy atom. The lowest BCUT2D eigenvalue weighted by molar-refractivity contribution is -0.111. The van der Waals surface area contributed by atoms with Crippen LogP contribution in [-0.2, 0) is 4.79 Å². The number of halogens is 1. The second-order valence-corrected chi connectivity index (χ2v) is 7.52. The third-order valence-electron chi connectivity index (χ3n) is 4.01. The van der Waals surface area contributed by atoms with Crippen LogP contribution in [0.3, 0.4) is 0 Å². The monoisotopic (exact) mass is 416 g/mol. The molecule has 0 aliphatic heterocycles. The maximum atomic E-state index is 13.2. The number of hydrogen-bond acceptors (Lipinski definition) is 4. The van der Waals surface area contributed by atoms with E-state index >= 15 is 0 Å². The molecule has 5 heteroatoms. The summed E-state index contributed by atoms with van der Waals surface area (Å²) in [6.07, 6.45) is 3.34. The number of benzene rings is 1. The largest absolute Gasteiger partial charge is 0.317 e. The van der Waals surface area contributed by atoms with Crippen LogP contribution < -0.4 is 10.0 Å².